The van der Waals surface area contributed by atoms with E-state index in [1.165, 1.54) is 38.5 Å². The van der Waals surface area contributed by atoms with Gasteiger partial charge in [-0.05, 0) is 19.9 Å². The zero-order chi connectivity index (χ0) is 11.3. The lowest BCUT2D eigenvalue weighted by Gasteiger charge is -2.28. The van der Waals surface area contributed by atoms with E-state index < -0.39 is 5.97 Å². The standard InChI is InChI=1S/C12H23NO2/c1-10(12(14)15)9-13(2)11-7-5-3-4-6-8-11/h10-11H,3-9H2,1-2H3,(H,14,15). The smallest absolute Gasteiger partial charge is 0.307 e. The summed E-state index contributed by atoms with van der Waals surface area (Å²) in [5, 5.41) is 8.86. The van der Waals surface area contributed by atoms with Crippen LogP contribution in [0.1, 0.15) is 45.4 Å². The Labute approximate surface area is 92.5 Å². The summed E-state index contributed by atoms with van der Waals surface area (Å²) < 4.78 is 0. The van der Waals surface area contributed by atoms with Crippen LogP contribution in [0.5, 0.6) is 0 Å². The molecule has 0 aromatic carbocycles. The third-order valence-electron chi connectivity index (χ3n) is 3.43. The molecule has 1 saturated carbocycles. The largest absolute Gasteiger partial charge is 0.481 e. The van der Waals surface area contributed by atoms with Crippen LogP contribution >= 0.6 is 0 Å². The van der Waals surface area contributed by atoms with Crippen LogP contribution < -0.4 is 0 Å². The highest BCUT2D eigenvalue weighted by molar-refractivity contribution is 5.69. The zero-order valence-electron chi connectivity index (χ0n) is 9.91. The Hall–Kier alpha value is -0.570. The molecule has 1 aliphatic carbocycles. The van der Waals surface area contributed by atoms with Gasteiger partial charge in [0.25, 0.3) is 0 Å². The molecule has 88 valence electrons. The van der Waals surface area contributed by atoms with Crippen LogP contribution in [0.25, 0.3) is 0 Å². The second kappa shape index (κ2) is 6.11. The van der Waals surface area contributed by atoms with Crippen molar-refractivity contribution < 1.29 is 9.90 Å². The molecule has 0 saturated heterocycles. The minimum absolute atomic E-state index is 0.252. The second-order valence-corrected chi connectivity index (χ2v) is 4.82. The maximum atomic E-state index is 10.8. The Bertz CT molecular complexity index is 198. The quantitative estimate of drug-likeness (QED) is 0.729. The molecule has 0 amide bonds. The number of rotatable bonds is 4. The van der Waals surface area contributed by atoms with Gasteiger partial charge in [0.05, 0.1) is 5.92 Å². The van der Waals surface area contributed by atoms with Gasteiger partial charge in [-0.1, -0.05) is 32.6 Å². The summed E-state index contributed by atoms with van der Waals surface area (Å²) in [4.78, 5) is 13.0. The van der Waals surface area contributed by atoms with Crippen molar-refractivity contribution in [1.29, 1.82) is 0 Å². The van der Waals surface area contributed by atoms with Gasteiger partial charge in [0.15, 0.2) is 0 Å². The lowest BCUT2D eigenvalue weighted by molar-refractivity contribution is -0.141. The Morgan fingerprint density at radius 3 is 2.33 bits per heavy atom. The number of carboxylic acids is 1. The highest BCUT2D eigenvalue weighted by Crippen LogP contribution is 2.21. The Kier molecular flexibility index (Phi) is 5.09. The third kappa shape index (κ3) is 4.20. The van der Waals surface area contributed by atoms with E-state index in [0.29, 0.717) is 12.6 Å². The SMILES string of the molecule is CC(CN(C)C1CCCCCC1)C(=O)O. The van der Waals surface area contributed by atoms with Crippen molar-refractivity contribution in [2.75, 3.05) is 13.6 Å². The minimum atomic E-state index is -0.685. The number of hydrogen-bond donors (Lipinski definition) is 1. The summed E-state index contributed by atoms with van der Waals surface area (Å²) in [6.45, 7) is 2.47. The second-order valence-electron chi connectivity index (χ2n) is 4.82. The van der Waals surface area contributed by atoms with Gasteiger partial charge in [0, 0.05) is 12.6 Å². The van der Waals surface area contributed by atoms with E-state index in [1.54, 1.807) is 6.92 Å². The molecule has 1 atom stereocenters. The molecule has 1 aliphatic rings. The molecule has 0 heterocycles. The summed E-state index contributed by atoms with van der Waals surface area (Å²) in [6.07, 6.45) is 7.77. The van der Waals surface area contributed by atoms with Crippen molar-refractivity contribution in [2.45, 2.75) is 51.5 Å². The molecule has 0 radical (unpaired) electrons. The van der Waals surface area contributed by atoms with Gasteiger partial charge in [0.2, 0.25) is 0 Å². The first-order valence-electron chi connectivity index (χ1n) is 6.04. The molecule has 0 aliphatic heterocycles. The van der Waals surface area contributed by atoms with E-state index in [2.05, 4.69) is 11.9 Å². The predicted octanol–water partition coefficient (Wildman–Crippen LogP) is 2.36. The molecule has 0 aromatic rings. The van der Waals surface area contributed by atoms with Gasteiger partial charge in [-0.3, -0.25) is 4.79 Å². The number of nitrogens with zero attached hydrogens (tertiary/aromatic N) is 1. The highest BCUT2D eigenvalue weighted by Gasteiger charge is 2.20. The van der Waals surface area contributed by atoms with Crippen LogP contribution in [0.3, 0.4) is 0 Å². The van der Waals surface area contributed by atoms with Crippen LogP contribution in [0.2, 0.25) is 0 Å². The third-order valence-corrected chi connectivity index (χ3v) is 3.43. The molecule has 1 unspecified atom stereocenters. The molecular weight excluding hydrogens is 190 g/mol. The van der Waals surface area contributed by atoms with Crippen LogP contribution in [0.4, 0.5) is 0 Å². The fourth-order valence-electron chi connectivity index (χ4n) is 2.36. The molecule has 0 bridgehead atoms. The highest BCUT2D eigenvalue weighted by atomic mass is 16.4. The van der Waals surface area contributed by atoms with Crippen LogP contribution in [-0.4, -0.2) is 35.6 Å². The maximum absolute atomic E-state index is 10.8. The van der Waals surface area contributed by atoms with E-state index in [9.17, 15) is 4.79 Å². The van der Waals surface area contributed by atoms with Crippen molar-refractivity contribution in [3.05, 3.63) is 0 Å². The van der Waals surface area contributed by atoms with Gasteiger partial charge in [-0.2, -0.15) is 0 Å². The topological polar surface area (TPSA) is 40.5 Å². The molecule has 1 fully saturated rings. The van der Waals surface area contributed by atoms with Crippen molar-refractivity contribution in [1.82, 2.24) is 4.90 Å². The average molecular weight is 213 g/mol. The average Bonchev–Trinajstić information content (AvgIpc) is 2.45. The lowest BCUT2D eigenvalue weighted by atomic mass is 10.1. The zero-order valence-corrected chi connectivity index (χ0v) is 9.91. The number of carbonyl (C=O) groups is 1. The first kappa shape index (κ1) is 12.5. The van der Waals surface area contributed by atoms with Crippen molar-refractivity contribution in [3.8, 4) is 0 Å². The van der Waals surface area contributed by atoms with Gasteiger partial charge in [-0.15, -0.1) is 0 Å². The Balaban J connectivity index is 2.37. The molecule has 15 heavy (non-hydrogen) atoms. The number of hydrogen-bond acceptors (Lipinski definition) is 2. The molecule has 3 nitrogen and oxygen atoms in total. The molecule has 1 N–H and O–H groups in total. The summed E-state index contributed by atoms with van der Waals surface area (Å²) in [6, 6.07) is 0.606. The minimum Gasteiger partial charge on any atom is -0.481 e. The Morgan fingerprint density at radius 1 is 1.33 bits per heavy atom. The van der Waals surface area contributed by atoms with Gasteiger partial charge in [-0.25, -0.2) is 0 Å². The normalized spacial score (nSPS) is 21.3. The predicted molar refractivity (Wildman–Crippen MR) is 60.9 cm³/mol. The maximum Gasteiger partial charge on any atom is 0.307 e. The van der Waals surface area contributed by atoms with Gasteiger partial charge in [0.1, 0.15) is 0 Å². The molecule has 0 aromatic heterocycles. The van der Waals surface area contributed by atoms with Gasteiger partial charge >= 0.3 is 5.97 Å². The van der Waals surface area contributed by atoms with Crippen molar-refractivity contribution in [3.63, 3.8) is 0 Å². The first-order chi connectivity index (χ1) is 7.11. The van der Waals surface area contributed by atoms with Crippen LogP contribution in [-0.2, 0) is 4.79 Å². The van der Waals surface area contributed by atoms with E-state index in [0.717, 1.165) is 0 Å². The molecular formula is C12H23NO2. The Morgan fingerprint density at radius 2 is 1.87 bits per heavy atom. The molecule has 1 rings (SSSR count). The first-order valence-corrected chi connectivity index (χ1v) is 6.04. The van der Waals surface area contributed by atoms with Crippen LogP contribution in [0, 0.1) is 5.92 Å². The van der Waals surface area contributed by atoms with Crippen molar-refractivity contribution in [2.24, 2.45) is 5.92 Å². The monoisotopic (exact) mass is 213 g/mol. The lowest BCUT2D eigenvalue weighted by Crippen LogP contribution is -2.36. The summed E-state index contributed by atoms with van der Waals surface area (Å²) in [5.74, 6) is -0.936. The van der Waals surface area contributed by atoms with Crippen molar-refractivity contribution >= 4 is 5.97 Å². The van der Waals surface area contributed by atoms with Crippen LogP contribution in [0.15, 0.2) is 0 Å². The fraction of sp³-hybridized carbons (Fsp3) is 0.917. The number of aliphatic carboxylic acids is 1. The van der Waals surface area contributed by atoms with Gasteiger partial charge < -0.3 is 10.0 Å². The fourth-order valence-corrected chi connectivity index (χ4v) is 2.36. The molecule has 3 heteroatoms. The van der Waals surface area contributed by atoms with E-state index in [1.807, 2.05) is 0 Å². The van der Waals surface area contributed by atoms with E-state index in [-0.39, 0.29) is 5.92 Å². The van der Waals surface area contributed by atoms with E-state index in [4.69, 9.17) is 5.11 Å². The number of carboxylic acid groups (broad SMARTS) is 1. The summed E-state index contributed by atoms with van der Waals surface area (Å²) >= 11 is 0. The molecule has 0 spiro atoms. The van der Waals surface area contributed by atoms with E-state index >= 15 is 0 Å². The summed E-state index contributed by atoms with van der Waals surface area (Å²) in [5.41, 5.74) is 0. The summed E-state index contributed by atoms with van der Waals surface area (Å²) in [7, 11) is 2.06.